The van der Waals surface area contributed by atoms with Crippen LogP contribution in [0.15, 0.2) is 5.38 Å². The van der Waals surface area contributed by atoms with E-state index in [4.69, 9.17) is 0 Å². The molecule has 0 atom stereocenters. The lowest BCUT2D eigenvalue weighted by atomic mass is 10.2. The van der Waals surface area contributed by atoms with E-state index in [9.17, 15) is 0 Å². The zero-order chi connectivity index (χ0) is 9.68. The van der Waals surface area contributed by atoms with Crippen molar-refractivity contribution in [3.05, 3.63) is 16.1 Å². The normalized spacial score (nSPS) is 11.1. The molecular weight excluding hydrogens is 198 g/mol. The van der Waals surface area contributed by atoms with Crippen LogP contribution in [0.4, 0.5) is 0 Å². The summed E-state index contributed by atoms with van der Waals surface area (Å²) in [6, 6.07) is 0. The van der Waals surface area contributed by atoms with Gasteiger partial charge in [0.15, 0.2) is 0 Å². The van der Waals surface area contributed by atoms with Gasteiger partial charge in [-0.3, -0.25) is 0 Å². The third-order valence-corrected chi connectivity index (χ3v) is 3.96. The van der Waals surface area contributed by atoms with E-state index in [2.05, 4.69) is 31.1 Å². The van der Waals surface area contributed by atoms with Crippen LogP contribution >= 0.6 is 23.1 Å². The van der Waals surface area contributed by atoms with E-state index >= 15 is 0 Å². The number of nitrogens with zero attached hydrogens (tertiary/aromatic N) is 1. The molecule has 0 unspecified atom stereocenters. The van der Waals surface area contributed by atoms with E-state index in [1.165, 1.54) is 22.9 Å². The molecule has 0 bridgehead atoms. The molecule has 0 aromatic carbocycles. The van der Waals surface area contributed by atoms with Crippen molar-refractivity contribution in [2.75, 3.05) is 5.75 Å². The molecule has 3 heteroatoms. The van der Waals surface area contributed by atoms with Crippen molar-refractivity contribution >= 4 is 23.1 Å². The van der Waals surface area contributed by atoms with Gasteiger partial charge in [0.2, 0.25) is 0 Å². The molecule has 0 saturated carbocycles. The number of hydrogen-bond acceptors (Lipinski definition) is 3. The monoisotopic (exact) mass is 215 g/mol. The van der Waals surface area contributed by atoms with Crippen LogP contribution in [0, 0.1) is 0 Å². The van der Waals surface area contributed by atoms with E-state index in [-0.39, 0.29) is 0 Å². The Kier molecular flexibility index (Phi) is 4.81. The highest BCUT2D eigenvalue weighted by Gasteiger charge is 2.04. The number of rotatable bonds is 5. The van der Waals surface area contributed by atoms with Gasteiger partial charge in [-0.1, -0.05) is 20.8 Å². The minimum Gasteiger partial charge on any atom is -0.245 e. The Morgan fingerprint density at radius 1 is 1.54 bits per heavy atom. The van der Waals surface area contributed by atoms with Gasteiger partial charge in [-0.15, -0.1) is 11.3 Å². The van der Waals surface area contributed by atoms with Crippen LogP contribution in [-0.4, -0.2) is 10.7 Å². The number of aromatic nitrogens is 1. The summed E-state index contributed by atoms with van der Waals surface area (Å²) >= 11 is 3.78. The maximum absolute atomic E-state index is 4.58. The van der Waals surface area contributed by atoms with Gasteiger partial charge in [-0.05, 0) is 18.1 Å². The third-order valence-electron chi connectivity index (χ3n) is 1.74. The average Bonchev–Trinajstić information content (AvgIpc) is 2.53. The second kappa shape index (κ2) is 5.66. The van der Waals surface area contributed by atoms with Gasteiger partial charge in [0.1, 0.15) is 5.01 Å². The largest absolute Gasteiger partial charge is 0.245 e. The molecule has 1 aromatic heterocycles. The van der Waals surface area contributed by atoms with Crippen molar-refractivity contribution in [3.63, 3.8) is 0 Å². The summed E-state index contributed by atoms with van der Waals surface area (Å²) in [6.07, 6.45) is 1.26. The first kappa shape index (κ1) is 11.1. The Morgan fingerprint density at radius 3 is 2.85 bits per heavy atom. The SMILES string of the molecule is CCCSCc1nc(C(C)C)cs1. The fourth-order valence-corrected chi connectivity index (χ4v) is 2.89. The summed E-state index contributed by atoms with van der Waals surface area (Å²) < 4.78 is 0. The first-order chi connectivity index (χ1) is 6.24. The van der Waals surface area contributed by atoms with Crippen molar-refractivity contribution in [1.29, 1.82) is 0 Å². The summed E-state index contributed by atoms with van der Waals surface area (Å²) in [5.41, 5.74) is 1.25. The first-order valence-electron chi connectivity index (χ1n) is 4.76. The molecule has 0 aliphatic carbocycles. The van der Waals surface area contributed by atoms with Crippen molar-refractivity contribution in [2.45, 2.75) is 38.9 Å². The van der Waals surface area contributed by atoms with E-state index in [1.54, 1.807) is 11.3 Å². The maximum Gasteiger partial charge on any atom is 0.103 e. The van der Waals surface area contributed by atoms with Crippen LogP contribution < -0.4 is 0 Å². The maximum atomic E-state index is 4.58. The van der Waals surface area contributed by atoms with Gasteiger partial charge in [-0.2, -0.15) is 11.8 Å². The molecule has 13 heavy (non-hydrogen) atoms. The summed E-state index contributed by atoms with van der Waals surface area (Å²) in [4.78, 5) is 4.58. The molecule has 0 radical (unpaired) electrons. The minimum atomic E-state index is 0.571. The molecule has 1 aromatic rings. The molecular formula is C10H17NS2. The van der Waals surface area contributed by atoms with E-state index in [1.807, 2.05) is 11.8 Å². The predicted molar refractivity (Wildman–Crippen MR) is 62.7 cm³/mol. The van der Waals surface area contributed by atoms with Gasteiger partial charge in [-0.25, -0.2) is 4.98 Å². The molecule has 74 valence electrons. The highest BCUT2D eigenvalue weighted by Crippen LogP contribution is 2.21. The molecule has 0 N–H and O–H groups in total. The lowest BCUT2D eigenvalue weighted by molar-refractivity contribution is 0.828. The van der Waals surface area contributed by atoms with Crippen LogP contribution in [0.3, 0.4) is 0 Å². The Hall–Kier alpha value is -0.0200. The number of thioether (sulfide) groups is 1. The van der Waals surface area contributed by atoms with Crippen LogP contribution in [0.1, 0.15) is 43.8 Å². The van der Waals surface area contributed by atoms with Gasteiger partial charge in [0, 0.05) is 11.1 Å². The summed E-state index contributed by atoms with van der Waals surface area (Å²) in [6.45, 7) is 6.60. The van der Waals surface area contributed by atoms with Crippen LogP contribution in [0.25, 0.3) is 0 Å². The number of thiazole rings is 1. The summed E-state index contributed by atoms with van der Waals surface area (Å²) in [7, 11) is 0. The zero-order valence-corrected chi connectivity index (χ0v) is 10.2. The molecule has 0 amide bonds. The molecule has 0 fully saturated rings. The van der Waals surface area contributed by atoms with Crippen molar-refractivity contribution in [1.82, 2.24) is 4.98 Å². The Balaban J connectivity index is 2.40. The van der Waals surface area contributed by atoms with Crippen molar-refractivity contribution < 1.29 is 0 Å². The highest BCUT2D eigenvalue weighted by atomic mass is 32.2. The number of hydrogen-bond donors (Lipinski definition) is 0. The molecule has 1 rings (SSSR count). The smallest absolute Gasteiger partial charge is 0.103 e. The Labute approximate surface area is 89.0 Å². The lowest BCUT2D eigenvalue weighted by Gasteiger charge is -1.97. The lowest BCUT2D eigenvalue weighted by Crippen LogP contribution is -1.88. The fraction of sp³-hybridized carbons (Fsp3) is 0.700. The molecule has 0 aliphatic heterocycles. The van der Waals surface area contributed by atoms with Crippen molar-refractivity contribution in [3.8, 4) is 0 Å². The van der Waals surface area contributed by atoms with Gasteiger partial charge < -0.3 is 0 Å². The highest BCUT2D eigenvalue weighted by molar-refractivity contribution is 7.98. The van der Waals surface area contributed by atoms with Crippen LogP contribution in [-0.2, 0) is 5.75 Å². The molecule has 0 spiro atoms. The molecule has 1 nitrogen and oxygen atoms in total. The van der Waals surface area contributed by atoms with Crippen LogP contribution in [0.5, 0.6) is 0 Å². The molecule has 0 aliphatic rings. The summed E-state index contributed by atoms with van der Waals surface area (Å²) in [5, 5.41) is 3.47. The Morgan fingerprint density at radius 2 is 2.31 bits per heavy atom. The minimum absolute atomic E-state index is 0.571. The third kappa shape index (κ3) is 3.69. The standard InChI is InChI=1S/C10H17NS2/c1-4-5-12-7-10-11-9(6-13-10)8(2)3/h6,8H,4-5,7H2,1-3H3. The van der Waals surface area contributed by atoms with E-state index < -0.39 is 0 Å². The fourth-order valence-electron chi connectivity index (χ4n) is 0.960. The quantitative estimate of drug-likeness (QED) is 0.691. The van der Waals surface area contributed by atoms with E-state index in [0.717, 1.165) is 5.75 Å². The van der Waals surface area contributed by atoms with Crippen LogP contribution in [0.2, 0.25) is 0 Å². The topological polar surface area (TPSA) is 12.9 Å². The Bertz CT molecular complexity index is 243. The van der Waals surface area contributed by atoms with E-state index in [0.29, 0.717) is 5.92 Å². The first-order valence-corrected chi connectivity index (χ1v) is 6.79. The summed E-state index contributed by atoms with van der Waals surface area (Å²) in [5.74, 6) is 2.91. The van der Waals surface area contributed by atoms with Gasteiger partial charge in [0.25, 0.3) is 0 Å². The van der Waals surface area contributed by atoms with Gasteiger partial charge in [0.05, 0.1) is 5.69 Å². The predicted octanol–water partition coefficient (Wildman–Crippen LogP) is 3.91. The second-order valence-corrected chi connectivity index (χ2v) is 5.42. The van der Waals surface area contributed by atoms with Gasteiger partial charge >= 0.3 is 0 Å². The average molecular weight is 215 g/mol. The second-order valence-electron chi connectivity index (χ2n) is 3.37. The molecule has 1 heterocycles. The molecule has 0 saturated heterocycles. The zero-order valence-electron chi connectivity index (χ0n) is 8.54. The van der Waals surface area contributed by atoms with Crippen molar-refractivity contribution in [2.24, 2.45) is 0 Å².